The molecule has 6 heteroatoms. The minimum Gasteiger partial charge on any atom is -0.326 e. The Labute approximate surface area is 178 Å². The van der Waals surface area contributed by atoms with Crippen molar-refractivity contribution in [3.05, 3.63) is 81.7 Å². The number of benzene rings is 2. The molecule has 1 heterocycles. The molecule has 0 aliphatic carbocycles. The molecule has 2 N–H and O–H groups in total. The molecular weight excluding hydrogens is 374 g/mol. The number of carbonyl (C=O) groups is 1. The van der Waals surface area contributed by atoms with Gasteiger partial charge in [0.05, 0.1) is 12.2 Å². The van der Waals surface area contributed by atoms with E-state index in [2.05, 4.69) is 28.7 Å². The third kappa shape index (κ3) is 4.76. The molecule has 3 aromatic rings. The number of nitrogens with one attached hydrogen (secondary N) is 2. The van der Waals surface area contributed by atoms with E-state index in [0.29, 0.717) is 18.1 Å². The standard InChI is InChI=1S/C24H29N5O/c1-15-11-12-22(17(3)13-15)26-24(25-14-21-18(4)28-29(6)19(21)5)27-23(30)20-10-8-7-9-16(20)2/h7-13H,14H2,1-6H3,(H2,25,26,27,30). The van der Waals surface area contributed by atoms with E-state index in [0.717, 1.165) is 33.8 Å². The van der Waals surface area contributed by atoms with Crippen LogP contribution in [0.15, 0.2) is 47.5 Å². The summed E-state index contributed by atoms with van der Waals surface area (Å²) in [7, 11) is 1.92. The molecule has 0 fully saturated rings. The van der Waals surface area contributed by atoms with Crippen molar-refractivity contribution in [2.75, 3.05) is 5.32 Å². The number of rotatable bonds is 4. The van der Waals surface area contributed by atoms with Gasteiger partial charge in [-0.15, -0.1) is 0 Å². The third-order valence-electron chi connectivity index (χ3n) is 5.31. The van der Waals surface area contributed by atoms with E-state index in [1.807, 2.05) is 75.8 Å². The van der Waals surface area contributed by atoms with E-state index < -0.39 is 0 Å². The molecule has 0 unspecified atom stereocenters. The first kappa shape index (κ1) is 21.3. The molecule has 0 radical (unpaired) electrons. The maximum absolute atomic E-state index is 12.9. The van der Waals surface area contributed by atoms with Gasteiger partial charge >= 0.3 is 0 Å². The highest BCUT2D eigenvalue weighted by atomic mass is 16.1. The molecule has 0 saturated heterocycles. The van der Waals surface area contributed by atoms with Gasteiger partial charge in [-0.05, 0) is 57.9 Å². The van der Waals surface area contributed by atoms with Gasteiger partial charge < -0.3 is 5.32 Å². The van der Waals surface area contributed by atoms with Crippen molar-refractivity contribution < 1.29 is 4.79 Å². The van der Waals surface area contributed by atoms with E-state index in [9.17, 15) is 4.79 Å². The lowest BCUT2D eigenvalue weighted by Crippen LogP contribution is -2.36. The maximum Gasteiger partial charge on any atom is 0.258 e. The van der Waals surface area contributed by atoms with Gasteiger partial charge in [0.2, 0.25) is 5.96 Å². The number of aliphatic imine (C=N–C) groups is 1. The summed E-state index contributed by atoms with van der Waals surface area (Å²) < 4.78 is 1.85. The lowest BCUT2D eigenvalue weighted by atomic mass is 10.1. The molecule has 3 rings (SSSR count). The summed E-state index contributed by atoms with van der Waals surface area (Å²) in [4.78, 5) is 17.6. The van der Waals surface area contributed by atoms with Crippen LogP contribution >= 0.6 is 0 Å². The first-order valence-corrected chi connectivity index (χ1v) is 10.0. The number of guanidine groups is 1. The largest absolute Gasteiger partial charge is 0.326 e. The van der Waals surface area contributed by atoms with E-state index in [-0.39, 0.29) is 5.91 Å². The Hall–Kier alpha value is -3.41. The highest BCUT2D eigenvalue weighted by molar-refractivity contribution is 6.10. The molecule has 156 valence electrons. The van der Waals surface area contributed by atoms with Gasteiger partial charge in [-0.2, -0.15) is 5.10 Å². The van der Waals surface area contributed by atoms with Crippen LogP contribution in [-0.4, -0.2) is 21.6 Å². The van der Waals surface area contributed by atoms with Crippen LogP contribution in [0.4, 0.5) is 5.69 Å². The maximum atomic E-state index is 12.9. The summed E-state index contributed by atoms with van der Waals surface area (Å²) in [6.07, 6.45) is 0. The molecule has 2 aromatic carbocycles. The Balaban J connectivity index is 1.91. The van der Waals surface area contributed by atoms with Crippen LogP contribution in [0, 0.1) is 34.6 Å². The summed E-state index contributed by atoms with van der Waals surface area (Å²) in [6.45, 7) is 10.4. The Morgan fingerprint density at radius 2 is 1.77 bits per heavy atom. The normalized spacial score (nSPS) is 11.5. The molecule has 1 aromatic heterocycles. The van der Waals surface area contributed by atoms with Crippen molar-refractivity contribution >= 4 is 17.6 Å². The zero-order chi connectivity index (χ0) is 21.8. The summed E-state index contributed by atoms with van der Waals surface area (Å²) >= 11 is 0. The van der Waals surface area contributed by atoms with Crippen LogP contribution < -0.4 is 10.6 Å². The number of hydrogen-bond donors (Lipinski definition) is 2. The number of amides is 1. The first-order chi connectivity index (χ1) is 14.3. The Morgan fingerprint density at radius 3 is 2.40 bits per heavy atom. The number of aromatic nitrogens is 2. The van der Waals surface area contributed by atoms with Crippen molar-refractivity contribution in [3.63, 3.8) is 0 Å². The second-order valence-electron chi connectivity index (χ2n) is 7.65. The lowest BCUT2D eigenvalue weighted by molar-refractivity contribution is 0.0976. The zero-order valence-corrected chi connectivity index (χ0v) is 18.5. The number of anilines is 1. The summed E-state index contributed by atoms with van der Waals surface area (Å²) in [5.41, 5.74) is 7.78. The fraction of sp³-hybridized carbons (Fsp3) is 0.292. The van der Waals surface area contributed by atoms with Gasteiger partial charge in [0.25, 0.3) is 5.91 Å². The third-order valence-corrected chi connectivity index (χ3v) is 5.31. The Kier molecular flexibility index (Phi) is 6.35. The average Bonchev–Trinajstić information content (AvgIpc) is 2.93. The van der Waals surface area contributed by atoms with Crippen molar-refractivity contribution in [3.8, 4) is 0 Å². The van der Waals surface area contributed by atoms with Crippen molar-refractivity contribution in [1.29, 1.82) is 0 Å². The first-order valence-electron chi connectivity index (χ1n) is 10.0. The lowest BCUT2D eigenvalue weighted by Gasteiger charge is -2.15. The van der Waals surface area contributed by atoms with Crippen molar-refractivity contribution in [2.24, 2.45) is 12.0 Å². The molecule has 0 saturated carbocycles. The van der Waals surface area contributed by atoms with Gasteiger partial charge in [0.1, 0.15) is 0 Å². The number of aryl methyl sites for hydroxylation is 5. The predicted molar refractivity (Wildman–Crippen MR) is 122 cm³/mol. The molecular formula is C24H29N5O. The van der Waals surface area contributed by atoms with E-state index >= 15 is 0 Å². The summed E-state index contributed by atoms with van der Waals surface area (Å²) in [5.74, 6) is 0.224. The summed E-state index contributed by atoms with van der Waals surface area (Å²) in [6, 6.07) is 13.6. The van der Waals surface area contributed by atoms with E-state index in [4.69, 9.17) is 4.99 Å². The number of nitrogens with zero attached hydrogens (tertiary/aromatic N) is 3. The van der Waals surface area contributed by atoms with Crippen LogP contribution in [0.2, 0.25) is 0 Å². The molecule has 0 aliphatic heterocycles. The second kappa shape index (κ2) is 8.95. The van der Waals surface area contributed by atoms with Gasteiger partial charge in [-0.3, -0.25) is 14.8 Å². The monoisotopic (exact) mass is 403 g/mol. The Bertz CT molecular complexity index is 1110. The minimum atomic E-state index is -0.191. The molecule has 1 amide bonds. The molecule has 0 spiro atoms. The van der Waals surface area contributed by atoms with Gasteiger partial charge in [-0.25, -0.2) is 4.99 Å². The van der Waals surface area contributed by atoms with Crippen LogP contribution in [0.5, 0.6) is 0 Å². The predicted octanol–water partition coefficient (Wildman–Crippen LogP) is 4.36. The average molecular weight is 404 g/mol. The molecule has 0 aliphatic rings. The topological polar surface area (TPSA) is 71.3 Å². The van der Waals surface area contributed by atoms with Crippen LogP contribution in [0.1, 0.15) is 44.0 Å². The van der Waals surface area contributed by atoms with E-state index in [1.165, 1.54) is 5.56 Å². The Morgan fingerprint density at radius 1 is 1.03 bits per heavy atom. The number of hydrogen-bond acceptors (Lipinski definition) is 3. The van der Waals surface area contributed by atoms with Crippen molar-refractivity contribution in [1.82, 2.24) is 15.1 Å². The highest BCUT2D eigenvalue weighted by Crippen LogP contribution is 2.17. The second-order valence-corrected chi connectivity index (χ2v) is 7.65. The smallest absolute Gasteiger partial charge is 0.258 e. The number of carbonyl (C=O) groups excluding carboxylic acids is 1. The SMILES string of the molecule is Cc1ccc(NC(=NCc2c(C)nn(C)c2C)NC(=O)c2ccccc2C)c(C)c1. The molecule has 0 atom stereocenters. The quantitative estimate of drug-likeness (QED) is 0.502. The highest BCUT2D eigenvalue weighted by Gasteiger charge is 2.14. The van der Waals surface area contributed by atoms with Gasteiger partial charge in [0, 0.05) is 29.6 Å². The minimum absolute atomic E-state index is 0.191. The molecule has 30 heavy (non-hydrogen) atoms. The fourth-order valence-electron chi connectivity index (χ4n) is 3.40. The van der Waals surface area contributed by atoms with Gasteiger partial charge in [-0.1, -0.05) is 35.9 Å². The van der Waals surface area contributed by atoms with E-state index in [1.54, 1.807) is 0 Å². The zero-order valence-electron chi connectivity index (χ0n) is 18.5. The van der Waals surface area contributed by atoms with Crippen molar-refractivity contribution in [2.45, 2.75) is 41.2 Å². The van der Waals surface area contributed by atoms with Crippen LogP contribution in [-0.2, 0) is 13.6 Å². The van der Waals surface area contributed by atoms with Gasteiger partial charge in [0.15, 0.2) is 0 Å². The fourth-order valence-corrected chi connectivity index (χ4v) is 3.40. The van der Waals surface area contributed by atoms with Crippen LogP contribution in [0.3, 0.4) is 0 Å². The molecule has 6 nitrogen and oxygen atoms in total. The van der Waals surface area contributed by atoms with Crippen LogP contribution in [0.25, 0.3) is 0 Å². The molecule has 0 bridgehead atoms. The summed E-state index contributed by atoms with van der Waals surface area (Å²) in [5, 5.41) is 10.7.